The first-order chi connectivity index (χ1) is 15.3. The summed E-state index contributed by atoms with van der Waals surface area (Å²) in [4.78, 5) is 27.5. The maximum atomic E-state index is 13.9. The summed E-state index contributed by atoms with van der Waals surface area (Å²) in [6.45, 7) is 6.34. The van der Waals surface area contributed by atoms with Gasteiger partial charge in [0.1, 0.15) is 4.70 Å². The lowest BCUT2D eigenvalue weighted by molar-refractivity contribution is 0.713. The zero-order valence-corrected chi connectivity index (χ0v) is 19.6. The molecule has 0 saturated carbocycles. The van der Waals surface area contributed by atoms with E-state index in [1.807, 2.05) is 51.1 Å². The van der Waals surface area contributed by atoms with Crippen LogP contribution in [0.5, 0.6) is 0 Å². The molecular weight excluding hydrogens is 440 g/mol. The highest BCUT2D eigenvalue weighted by molar-refractivity contribution is 7.25. The van der Waals surface area contributed by atoms with Crippen LogP contribution in [0, 0.1) is 20.8 Å². The van der Waals surface area contributed by atoms with Gasteiger partial charge in [0.2, 0.25) is 0 Å². The Kier molecular flexibility index (Phi) is 5.03. The summed E-state index contributed by atoms with van der Waals surface area (Å²) in [5.74, 6) is 0. The molecule has 3 aromatic carbocycles. The summed E-state index contributed by atoms with van der Waals surface area (Å²) in [5, 5.41) is 1.40. The van der Waals surface area contributed by atoms with Crippen LogP contribution in [0.4, 0.5) is 0 Å². The number of aryl methyl sites for hydroxylation is 3. The second kappa shape index (κ2) is 7.76. The van der Waals surface area contributed by atoms with Crippen molar-refractivity contribution in [1.29, 1.82) is 0 Å². The summed E-state index contributed by atoms with van der Waals surface area (Å²) < 4.78 is 4.55. The van der Waals surface area contributed by atoms with Gasteiger partial charge in [0.25, 0.3) is 5.56 Å². The molecule has 2 aromatic heterocycles. The maximum Gasteiger partial charge on any atom is 0.336 e. The Morgan fingerprint density at radius 1 is 0.906 bits per heavy atom. The van der Waals surface area contributed by atoms with Gasteiger partial charge in [-0.3, -0.25) is 9.36 Å². The number of hydrogen-bond acceptors (Lipinski definition) is 3. The third-order valence-electron chi connectivity index (χ3n) is 5.90. The molecule has 0 radical (unpaired) electrons. The van der Waals surface area contributed by atoms with Gasteiger partial charge >= 0.3 is 5.69 Å². The Morgan fingerprint density at radius 2 is 1.66 bits per heavy atom. The van der Waals surface area contributed by atoms with E-state index >= 15 is 0 Å². The zero-order chi connectivity index (χ0) is 22.6. The van der Waals surface area contributed by atoms with Crippen molar-refractivity contribution in [2.24, 2.45) is 0 Å². The second-order valence-electron chi connectivity index (χ2n) is 8.15. The summed E-state index contributed by atoms with van der Waals surface area (Å²) in [6.07, 6.45) is 0. The number of hydrogen-bond donors (Lipinski definition) is 0. The molecule has 0 amide bonds. The van der Waals surface area contributed by atoms with E-state index in [2.05, 4.69) is 18.2 Å². The van der Waals surface area contributed by atoms with Crippen LogP contribution >= 0.6 is 22.9 Å². The van der Waals surface area contributed by atoms with Gasteiger partial charge < -0.3 is 0 Å². The van der Waals surface area contributed by atoms with Crippen LogP contribution in [0.3, 0.4) is 0 Å². The highest BCUT2D eigenvalue weighted by Crippen LogP contribution is 2.32. The van der Waals surface area contributed by atoms with Gasteiger partial charge in [0.15, 0.2) is 0 Å². The van der Waals surface area contributed by atoms with Gasteiger partial charge in [0.05, 0.1) is 17.7 Å². The first-order valence-corrected chi connectivity index (χ1v) is 11.5. The molecule has 0 fully saturated rings. The maximum absolute atomic E-state index is 13.9. The lowest BCUT2D eigenvalue weighted by Gasteiger charge is -2.16. The zero-order valence-electron chi connectivity index (χ0n) is 18.0. The van der Waals surface area contributed by atoms with E-state index in [-0.39, 0.29) is 11.2 Å². The van der Waals surface area contributed by atoms with Gasteiger partial charge in [-0.25, -0.2) is 9.36 Å². The fourth-order valence-electron chi connectivity index (χ4n) is 4.17. The first-order valence-electron chi connectivity index (χ1n) is 10.3. The predicted molar refractivity (Wildman–Crippen MR) is 134 cm³/mol. The molecule has 160 valence electrons. The Balaban J connectivity index is 1.93. The van der Waals surface area contributed by atoms with E-state index in [1.54, 1.807) is 16.7 Å². The van der Waals surface area contributed by atoms with Crippen molar-refractivity contribution in [3.8, 4) is 5.69 Å². The van der Waals surface area contributed by atoms with Crippen LogP contribution in [0.2, 0.25) is 5.02 Å². The van der Waals surface area contributed by atoms with E-state index in [1.165, 1.54) is 15.9 Å². The SMILES string of the molecule is Cc1ccc(C)c(Cn2c(=O)n(-c3cc(Cl)ccc3C)c(=O)c3sc4ccccc4c32)c1. The lowest BCUT2D eigenvalue weighted by Crippen LogP contribution is -2.39. The minimum atomic E-state index is -0.364. The molecule has 2 heterocycles. The number of halogens is 1. The normalized spacial score (nSPS) is 11.5. The van der Waals surface area contributed by atoms with E-state index < -0.39 is 0 Å². The van der Waals surface area contributed by atoms with E-state index in [0.717, 1.165) is 32.3 Å². The average Bonchev–Trinajstić information content (AvgIpc) is 3.16. The predicted octanol–water partition coefficient (Wildman–Crippen LogP) is 5.99. The van der Waals surface area contributed by atoms with Crippen molar-refractivity contribution in [3.63, 3.8) is 0 Å². The van der Waals surface area contributed by atoms with Crippen molar-refractivity contribution in [1.82, 2.24) is 9.13 Å². The number of benzene rings is 3. The van der Waals surface area contributed by atoms with Crippen molar-refractivity contribution in [3.05, 3.63) is 109 Å². The van der Waals surface area contributed by atoms with Gasteiger partial charge in [-0.15, -0.1) is 11.3 Å². The van der Waals surface area contributed by atoms with Crippen LogP contribution in [0.25, 0.3) is 26.0 Å². The third kappa shape index (κ3) is 3.29. The molecule has 0 aliphatic heterocycles. The van der Waals surface area contributed by atoms with Crippen LogP contribution < -0.4 is 11.2 Å². The molecular formula is C26H21ClN2O2S. The summed E-state index contributed by atoms with van der Waals surface area (Å²) in [6, 6.07) is 19.3. The minimum absolute atomic E-state index is 0.311. The van der Waals surface area contributed by atoms with Crippen LogP contribution in [-0.2, 0) is 6.54 Å². The average molecular weight is 461 g/mol. The molecule has 0 aliphatic carbocycles. The van der Waals surface area contributed by atoms with Crippen molar-refractivity contribution < 1.29 is 0 Å². The monoisotopic (exact) mass is 460 g/mol. The Morgan fingerprint density at radius 3 is 2.47 bits per heavy atom. The van der Waals surface area contributed by atoms with Gasteiger partial charge in [-0.1, -0.05) is 59.6 Å². The molecule has 0 bridgehead atoms. The largest absolute Gasteiger partial charge is 0.336 e. The Labute approximate surface area is 193 Å². The number of nitrogens with zero attached hydrogens (tertiary/aromatic N) is 2. The minimum Gasteiger partial charge on any atom is -0.287 e. The second-order valence-corrected chi connectivity index (χ2v) is 9.63. The smallest absolute Gasteiger partial charge is 0.287 e. The summed E-state index contributed by atoms with van der Waals surface area (Å²) >= 11 is 7.66. The van der Waals surface area contributed by atoms with Gasteiger partial charge in [0, 0.05) is 15.1 Å². The molecule has 5 aromatic rings. The van der Waals surface area contributed by atoms with E-state index in [4.69, 9.17) is 11.6 Å². The number of rotatable bonds is 3. The van der Waals surface area contributed by atoms with Crippen molar-refractivity contribution >= 4 is 43.2 Å². The van der Waals surface area contributed by atoms with Crippen LogP contribution in [-0.4, -0.2) is 9.13 Å². The highest BCUT2D eigenvalue weighted by atomic mass is 35.5. The quantitative estimate of drug-likeness (QED) is 0.331. The molecule has 32 heavy (non-hydrogen) atoms. The molecule has 0 spiro atoms. The van der Waals surface area contributed by atoms with Crippen molar-refractivity contribution in [2.45, 2.75) is 27.3 Å². The van der Waals surface area contributed by atoms with Crippen LogP contribution in [0.15, 0.2) is 70.3 Å². The Hall–Kier alpha value is -3.15. The third-order valence-corrected chi connectivity index (χ3v) is 7.29. The first kappa shape index (κ1) is 20.7. The molecule has 0 N–H and O–H groups in total. The molecule has 6 heteroatoms. The topological polar surface area (TPSA) is 44.0 Å². The van der Waals surface area contributed by atoms with Gasteiger partial charge in [-0.05, 0) is 55.7 Å². The fraction of sp³-hybridized carbons (Fsp3) is 0.154. The molecule has 4 nitrogen and oxygen atoms in total. The number of aromatic nitrogens is 2. The summed E-state index contributed by atoms with van der Waals surface area (Å²) in [5.41, 5.74) is 4.63. The Bertz CT molecular complexity index is 1640. The molecule has 0 unspecified atom stereocenters. The lowest BCUT2D eigenvalue weighted by atomic mass is 10.1. The number of thiophene rings is 1. The molecule has 0 atom stereocenters. The molecule has 0 aliphatic rings. The molecule has 0 saturated heterocycles. The van der Waals surface area contributed by atoms with E-state index in [9.17, 15) is 9.59 Å². The highest BCUT2D eigenvalue weighted by Gasteiger charge is 2.20. The van der Waals surface area contributed by atoms with Gasteiger partial charge in [-0.2, -0.15) is 0 Å². The fourth-order valence-corrected chi connectivity index (χ4v) is 5.48. The van der Waals surface area contributed by atoms with Crippen molar-refractivity contribution in [2.75, 3.05) is 0 Å². The summed E-state index contributed by atoms with van der Waals surface area (Å²) in [7, 11) is 0. The van der Waals surface area contributed by atoms with E-state index in [0.29, 0.717) is 27.5 Å². The molecule has 5 rings (SSSR count). The van der Waals surface area contributed by atoms with Crippen LogP contribution in [0.1, 0.15) is 22.3 Å². The number of fused-ring (bicyclic) bond motifs is 3. The standard InChI is InChI=1S/C26H21ClN2O2S/c1-15-8-9-16(2)18(12-15)14-28-23-20-6-4-5-7-22(20)32-24(23)25(30)29(26(28)31)21-13-19(27)11-10-17(21)3/h4-13H,14H2,1-3H3.